The predicted molar refractivity (Wildman–Crippen MR) is 78.1 cm³/mol. The zero-order valence-electron chi connectivity index (χ0n) is 12.9. The molecule has 0 bridgehead atoms. The SMILES string of the molecule is CC(C)(C)OC(=O)N1CCCC(COc2cnccn2)C1. The summed E-state index contributed by atoms with van der Waals surface area (Å²) < 4.78 is 11.0. The lowest BCUT2D eigenvalue weighted by Crippen LogP contribution is -2.44. The van der Waals surface area contributed by atoms with E-state index in [1.165, 1.54) is 0 Å². The first-order chi connectivity index (χ1) is 9.94. The number of rotatable bonds is 3. The van der Waals surface area contributed by atoms with Crippen molar-refractivity contribution in [3.05, 3.63) is 18.6 Å². The fourth-order valence-corrected chi connectivity index (χ4v) is 2.26. The second-order valence-corrected chi connectivity index (χ2v) is 6.29. The van der Waals surface area contributed by atoms with Gasteiger partial charge in [0.15, 0.2) is 0 Å². The van der Waals surface area contributed by atoms with Gasteiger partial charge in [-0.25, -0.2) is 9.78 Å². The van der Waals surface area contributed by atoms with Crippen LogP contribution < -0.4 is 4.74 Å². The number of piperidine rings is 1. The van der Waals surface area contributed by atoms with Crippen LogP contribution in [0.1, 0.15) is 33.6 Å². The summed E-state index contributed by atoms with van der Waals surface area (Å²) in [5.74, 6) is 0.820. The molecule has 1 amide bonds. The van der Waals surface area contributed by atoms with Gasteiger partial charge in [-0.2, -0.15) is 0 Å². The Labute approximate surface area is 125 Å². The highest BCUT2D eigenvalue weighted by molar-refractivity contribution is 5.68. The third-order valence-electron chi connectivity index (χ3n) is 3.18. The summed E-state index contributed by atoms with van der Waals surface area (Å²) in [6.45, 7) is 7.58. The van der Waals surface area contributed by atoms with Crippen LogP contribution in [0.25, 0.3) is 0 Å². The lowest BCUT2D eigenvalue weighted by Gasteiger charge is -2.33. The van der Waals surface area contributed by atoms with E-state index in [0.29, 0.717) is 24.9 Å². The van der Waals surface area contributed by atoms with Gasteiger partial charge in [0.2, 0.25) is 5.88 Å². The lowest BCUT2D eigenvalue weighted by atomic mass is 9.99. The fraction of sp³-hybridized carbons (Fsp3) is 0.667. The number of amides is 1. The third-order valence-corrected chi connectivity index (χ3v) is 3.18. The Balaban J connectivity index is 1.82. The predicted octanol–water partition coefficient (Wildman–Crippen LogP) is 2.50. The number of ether oxygens (including phenoxy) is 2. The molecule has 1 aliphatic rings. The van der Waals surface area contributed by atoms with Gasteiger partial charge in [0.05, 0.1) is 12.8 Å². The summed E-state index contributed by atoms with van der Waals surface area (Å²) in [5.41, 5.74) is -0.458. The smallest absolute Gasteiger partial charge is 0.410 e. The van der Waals surface area contributed by atoms with Gasteiger partial charge in [-0.15, -0.1) is 0 Å². The Morgan fingerprint density at radius 2 is 2.24 bits per heavy atom. The van der Waals surface area contributed by atoms with Crippen LogP contribution in [-0.2, 0) is 4.74 Å². The van der Waals surface area contributed by atoms with Gasteiger partial charge < -0.3 is 14.4 Å². The van der Waals surface area contributed by atoms with Gasteiger partial charge in [0.1, 0.15) is 5.60 Å². The zero-order valence-corrected chi connectivity index (χ0v) is 12.9. The molecular weight excluding hydrogens is 270 g/mol. The number of nitrogens with zero attached hydrogens (tertiary/aromatic N) is 3. The molecule has 0 N–H and O–H groups in total. The van der Waals surface area contributed by atoms with Crippen LogP contribution in [0.5, 0.6) is 5.88 Å². The molecule has 1 unspecified atom stereocenters. The lowest BCUT2D eigenvalue weighted by molar-refractivity contribution is 0.0138. The summed E-state index contributed by atoms with van der Waals surface area (Å²) >= 11 is 0. The highest BCUT2D eigenvalue weighted by atomic mass is 16.6. The van der Waals surface area contributed by atoms with Crippen LogP contribution in [0.4, 0.5) is 4.79 Å². The maximum Gasteiger partial charge on any atom is 0.410 e. The second-order valence-electron chi connectivity index (χ2n) is 6.29. The van der Waals surface area contributed by atoms with Crippen molar-refractivity contribution in [2.24, 2.45) is 5.92 Å². The summed E-state index contributed by atoms with van der Waals surface area (Å²) in [6.07, 6.45) is 6.56. The number of hydrogen-bond acceptors (Lipinski definition) is 5. The van der Waals surface area contributed by atoms with Crippen LogP contribution in [0.2, 0.25) is 0 Å². The van der Waals surface area contributed by atoms with E-state index < -0.39 is 5.60 Å². The standard InChI is InChI=1S/C15H23N3O3/c1-15(2,3)21-14(19)18-8-4-5-12(10-18)11-20-13-9-16-6-7-17-13/h6-7,9,12H,4-5,8,10-11H2,1-3H3. The molecular formula is C15H23N3O3. The van der Waals surface area contributed by atoms with Crippen molar-refractivity contribution < 1.29 is 14.3 Å². The molecule has 0 radical (unpaired) electrons. The molecule has 6 heteroatoms. The van der Waals surface area contributed by atoms with Gasteiger partial charge in [-0.1, -0.05) is 0 Å². The van der Waals surface area contributed by atoms with E-state index in [4.69, 9.17) is 9.47 Å². The largest absolute Gasteiger partial charge is 0.476 e. The number of carbonyl (C=O) groups excluding carboxylic acids is 1. The normalized spacial score (nSPS) is 19.2. The quantitative estimate of drug-likeness (QED) is 0.856. The van der Waals surface area contributed by atoms with Crippen LogP contribution in [0.15, 0.2) is 18.6 Å². The van der Waals surface area contributed by atoms with E-state index in [-0.39, 0.29) is 6.09 Å². The van der Waals surface area contributed by atoms with Gasteiger partial charge in [-0.3, -0.25) is 4.98 Å². The molecule has 1 aliphatic heterocycles. The Morgan fingerprint density at radius 3 is 2.90 bits per heavy atom. The van der Waals surface area contributed by atoms with Crippen molar-refractivity contribution in [3.63, 3.8) is 0 Å². The highest BCUT2D eigenvalue weighted by Gasteiger charge is 2.27. The number of carbonyl (C=O) groups is 1. The van der Waals surface area contributed by atoms with Crippen LogP contribution >= 0.6 is 0 Å². The molecule has 116 valence electrons. The minimum atomic E-state index is -0.458. The van der Waals surface area contributed by atoms with Crippen LogP contribution in [-0.4, -0.2) is 46.3 Å². The van der Waals surface area contributed by atoms with Gasteiger partial charge in [0.25, 0.3) is 0 Å². The van der Waals surface area contributed by atoms with Gasteiger partial charge in [0, 0.05) is 31.4 Å². The summed E-state index contributed by atoms with van der Waals surface area (Å²) in [5, 5.41) is 0. The Bertz CT molecular complexity index is 459. The number of likely N-dealkylation sites (tertiary alicyclic amines) is 1. The molecule has 0 aromatic carbocycles. The Hall–Kier alpha value is -1.85. The highest BCUT2D eigenvalue weighted by Crippen LogP contribution is 2.20. The minimum Gasteiger partial charge on any atom is -0.476 e. The van der Waals surface area contributed by atoms with Crippen molar-refractivity contribution in [1.29, 1.82) is 0 Å². The molecule has 1 fully saturated rings. The maximum absolute atomic E-state index is 12.1. The van der Waals surface area contributed by atoms with E-state index >= 15 is 0 Å². The average Bonchev–Trinajstić information content (AvgIpc) is 2.45. The Kier molecular flexibility index (Phi) is 4.98. The van der Waals surface area contributed by atoms with E-state index in [1.807, 2.05) is 20.8 Å². The van der Waals surface area contributed by atoms with E-state index in [9.17, 15) is 4.79 Å². The average molecular weight is 293 g/mol. The third kappa shape index (κ3) is 5.21. The molecule has 6 nitrogen and oxygen atoms in total. The van der Waals surface area contributed by atoms with E-state index in [1.54, 1.807) is 23.5 Å². The molecule has 1 aromatic heterocycles. The van der Waals surface area contributed by atoms with Gasteiger partial charge in [-0.05, 0) is 33.6 Å². The summed E-state index contributed by atoms with van der Waals surface area (Å²) in [6, 6.07) is 0. The molecule has 1 atom stereocenters. The van der Waals surface area contributed by atoms with Crippen molar-refractivity contribution in [2.45, 2.75) is 39.2 Å². The molecule has 0 saturated carbocycles. The van der Waals surface area contributed by atoms with Crippen molar-refractivity contribution >= 4 is 6.09 Å². The van der Waals surface area contributed by atoms with Crippen molar-refractivity contribution in [3.8, 4) is 5.88 Å². The maximum atomic E-state index is 12.1. The van der Waals surface area contributed by atoms with Gasteiger partial charge >= 0.3 is 6.09 Å². The topological polar surface area (TPSA) is 64.5 Å². The zero-order chi connectivity index (χ0) is 15.3. The second kappa shape index (κ2) is 6.74. The monoisotopic (exact) mass is 293 g/mol. The first-order valence-electron chi connectivity index (χ1n) is 7.31. The molecule has 1 aromatic rings. The van der Waals surface area contributed by atoms with E-state index in [0.717, 1.165) is 19.4 Å². The van der Waals surface area contributed by atoms with Crippen molar-refractivity contribution in [2.75, 3.05) is 19.7 Å². The molecule has 21 heavy (non-hydrogen) atoms. The molecule has 2 rings (SSSR count). The van der Waals surface area contributed by atoms with Crippen LogP contribution in [0, 0.1) is 5.92 Å². The number of aromatic nitrogens is 2. The first kappa shape index (κ1) is 15.5. The fourth-order valence-electron chi connectivity index (χ4n) is 2.26. The summed E-state index contributed by atoms with van der Waals surface area (Å²) in [7, 11) is 0. The molecule has 0 aliphatic carbocycles. The summed E-state index contributed by atoms with van der Waals surface area (Å²) in [4.78, 5) is 21.9. The number of hydrogen-bond donors (Lipinski definition) is 0. The molecule has 2 heterocycles. The molecule has 0 spiro atoms. The van der Waals surface area contributed by atoms with Crippen LogP contribution in [0.3, 0.4) is 0 Å². The van der Waals surface area contributed by atoms with Crippen molar-refractivity contribution in [1.82, 2.24) is 14.9 Å². The first-order valence-corrected chi connectivity index (χ1v) is 7.31. The molecule has 1 saturated heterocycles. The van der Waals surface area contributed by atoms with E-state index in [2.05, 4.69) is 9.97 Å². The Morgan fingerprint density at radius 1 is 1.43 bits per heavy atom. The minimum absolute atomic E-state index is 0.244.